The molecule has 0 aliphatic carbocycles. The van der Waals surface area contributed by atoms with Crippen LogP contribution in [0, 0.1) is 5.82 Å². The minimum atomic E-state index is -0.377. The van der Waals surface area contributed by atoms with Crippen LogP contribution in [0.4, 0.5) is 15.9 Å². The van der Waals surface area contributed by atoms with Gasteiger partial charge in [0.25, 0.3) is 5.91 Å². The zero-order chi connectivity index (χ0) is 18.4. The average molecular weight is 371 g/mol. The summed E-state index contributed by atoms with van der Waals surface area (Å²) < 4.78 is 13.6. The van der Waals surface area contributed by atoms with Gasteiger partial charge < -0.3 is 10.6 Å². The molecule has 0 aliphatic rings. The number of benzene rings is 2. The van der Waals surface area contributed by atoms with Crippen LogP contribution >= 0.6 is 11.6 Å². The number of aromatic nitrogens is 2. The predicted octanol–water partition coefficient (Wildman–Crippen LogP) is 4.18. The summed E-state index contributed by atoms with van der Waals surface area (Å²) in [5, 5.41) is 14.2. The maximum absolute atomic E-state index is 13.6. The van der Waals surface area contributed by atoms with Gasteiger partial charge in [-0.2, -0.15) is 0 Å². The molecule has 2 N–H and O–H groups in total. The molecule has 0 radical (unpaired) electrons. The first-order valence-corrected chi connectivity index (χ1v) is 8.37. The molecule has 1 heterocycles. The highest BCUT2D eigenvalue weighted by atomic mass is 35.5. The van der Waals surface area contributed by atoms with E-state index in [1.165, 1.54) is 6.07 Å². The normalized spacial score (nSPS) is 10.4. The molecule has 0 atom stereocenters. The number of halogens is 2. The first-order valence-electron chi connectivity index (χ1n) is 8.00. The van der Waals surface area contributed by atoms with Gasteiger partial charge >= 0.3 is 0 Å². The van der Waals surface area contributed by atoms with Crippen LogP contribution in [-0.2, 0) is 6.42 Å². The number of carbonyl (C=O) groups is 1. The van der Waals surface area contributed by atoms with Gasteiger partial charge in [-0.1, -0.05) is 35.9 Å². The van der Waals surface area contributed by atoms with Crippen LogP contribution in [0.3, 0.4) is 0 Å². The van der Waals surface area contributed by atoms with Gasteiger partial charge in [-0.05, 0) is 48.4 Å². The number of hydrogen-bond acceptors (Lipinski definition) is 4. The Bertz CT molecular complexity index is 902. The minimum absolute atomic E-state index is 0.185. The fraction of sp³-hybridized carbons (Fsp3) is 0.105. The third-order valence-corrected chi connectivity index (χ3v) is 3.87. The van der Waals surface area contributed by atoms with Crippen molar-refractivity contribution < 1.29 is 9.18 Å². The Morgan fingerprint density at radius 3 is 2.62 bits per heavy atom. The molecule has 132 valence electrons. The van der Waals surface area contributed by atoms with Gasteiger partial charge in [0.2, 0.25) is 0 Å². The van der Waals surface area contributed by atoms with E-state index in [1.54, 1.807) is 54.6 Å². The molecule has 3 rings (SSSR count). The Kier molecular flexibility index (Phi) is 5.76. The predicted molar refractivity (Wildman–Crippen MR) is 100 cm³/mol. The van der Waals surface area contributed by atoms with Gasteiger partial charge in [-0.3, -0.25) is 4.79 Å². The Labute approximate surface area is 155 Å². The topological polar surface area (TPSA) is 66.9 Å². The molecule has 0 spiro atoms. The van der Waals surface area contributed by atoms with Gasteiger partial charge in [0, 0.05) is 17.3 Å². The van der Waals surface area contributed by atoms with Crippen LogP contribution in [0.5, 0.6) is 0 Å². The first kappa shape index (κ1) is 17.8. The fourth-order valence-corrected chi connectivity index (χ4v) is 2.53. The molecule has 7 heteroatoms. The van der Waals surface area contributed by atoms with E-state index in [4.69, 9.17) is 11.6 Å². The maximum atomic E-state index is 13.6. The lowest BCUT2D eigenvalue weighted by Crippen LogP contribution is -2.15. The lowest BCUT2D eigenvalue weighted by molar-refractivity contribution is 0.102. The molecule has 0 saturated heterocycles. The van der Waals surface area contributed by atoms with E-state index in [2.05, 4.69) is 20.8 Å². The first-order chi connectivity index (χ1) is 12.6. The molecule has 1 amide bonds. The van der Waals surface area contributed by atoms with Gasteiger partial charge in [-0.25, -0.2) is 4.39 Å². The number of amides is 1. The summed E-state index contributed by atoms with van der Waals surface area (Å²) >= 11 is 5.89. The summed E-state index contributed by atoms with van der Waals surface area (Å²) in [6.45, 7) is 0.504. The van der Waals surface area contributed by atoms with Crippen molar-refractivity contribution in [2.45, 2.75) is 6.42 Å². The van der Waals surface area contributed by atoms with Crippen molar-refractivity contribution in [3.63, 3.8) is 0 Å². The quantitative estimate of drug-likeness (QED) is 0.683. The SMILES string of the molecule is O=C(Nc1cccc(Cl)c1)c1ccc(NCCc2ccccc2F)nn1. The number of nitrogens with one attached hydrogen (secondary N) is 2. The van der Waals surface area contributed by atoms with Crippen molar-refractivity contribution in [3.05, 3.63) is 82.8 Å². The summed E-state index contributed by atoms with van der Waals surface area (Å²) in [4.78, 5) is 12.2. The van der Waals surface area contributed by atoms with Crippen LogP contribution in [0.15, 0.2) is 60.7 Å². The van der Waals surface area contributed by atoms with Crippen molar-refractivity contribution in [1.82, 2.24) is 10.2 Å². The van der Waals surface area contributed by atoms with Crippen LogP contribution in [0.2, 0.25) is 5.02 Å². The van der Waals surface area contributed by atoms with Crippen LogP contribution < -0.4 is 10.6 Å². The minimum Gasteiger partial charge on any atom is -0.368 e. The highest BCUT2D eigenvalue weighted by Crippen LogP contribution is 2.15. The second-order valence-electron chi connectivity index (χ2n) is 5.54. The number of hydrogen-bond donors (Lipinski definition) is 2. The summed E-state index contributed by atoms with van der Waals surface area (Å²) in [5.41, 5.74) is 1.39. The third-order valence-electron chi connectivity index (χ3n) is 3.64. The molecular weight excluding hydrogens is 355 g/mol. The molecule has 3 aromatic rings. The average Bonchev–Trinajstić information content (AvgIpc) is 2.64. The Balaban J connectivity index is 1.54. The third kappa shape index (κ3) is 4.77. The van der Waals surface area contributed by atoms with E-state index >= 15 is 0 Å². The van der Waals surface area contributed by atoms with Gasteiger partial charge in [0.05, 0.1) is 0 Å². The molecular formula is C19H16ClFN4O. The second-order valence-corrected chi connectivity index (χ2v) is 5.97. The van der Waals surface area contributed by atoms with Crippen LogP contribution in [0.25, 0.3) is 0 Å². The number of anilines is 2. The lowest BCUT2D eigenvalue weighted by Gasteiger charge is -2.07. The van der Waals surface area contributed by atoms with Gasteiger partial charge in [0.15, 0.2) is 5.69 Å². The molecule has 0 fully saturated rings. The van der Waals surface area contributed by atoms with E-state index in [9.17, 15) is 9.18 Å². The molecule has 2 aromatic carbocycles. The number of carbonyl (C=O) groups excluding carboxylic acids is 1. The highest BCUT2D eigenvalue weighted by molar-refractivity contribution is 6.30. The van der Waals surface area contributed by atoms with Gasteiger partial charge in [-0.15, -0.1) is 10.2 Å². The van der Waals surface area contributed by atoms with Crippen LogP contribution in [-0.4, -0.2) is 22.6 Å². The number of rotatable bonds is 6. The molecule has 5 nitrogen and oxygen atoms in total. The number of nitrogens with zero attached hydrogens (tertiary/aromatic N) is 2. The summed E-state index contributed by atoms with van der Waals surface area (Å²) in [7, 11) is 0. The van der Waals surface area contributed by atoms with Gasteiger partial charge in [0.1, 0.15) is 11.6 Å². The maximum Gasteiger partial charge on any atom is 0.276 e. The molecule has 0 saturated carbocycles. The summed E-state index contributed by atoms with van der Waals surface area (Å²) in [6.07, 6.45) is 0.519. The molecule has 26 heavy (non-hydrogen) atoms. The van der Waals surface area contributed by atoms with Crippen molar-refractivity contribution in [2.75, 3.05) is 17.2 Å². The Morgan fingerprint density at radius 2 is 1.88 bits per heavy atom. The summed E-state index contributed by atoms with van der Waals surface area (Å²) in [5.74, 6) is -0.0910. The largest absolute Gasteiger partial charge is 0.368 e. The van der Waals surface area contributed by atoms with E-state index in [0.717, 1.165) is 0 Å². The Hall–Kier alpha value is -2.99. The highest BCUT2D eigenvalue weighted by Gasteiger charge is 2.09. The molecule has 0 bridgehead atoms. The Morgan fingerprint density at radius 1 is 1.04 bits per heavy atom. The zero-order valence-electron chi connectivity index (χ0n) is 13.7. The smallest absolute Gasteiger partial charge is 0.276 e. The van der Waals surface area contributed by atoms with Crippen LogP contribution in [0.1, 0.15) is 16.1 Å². The molecule has 0 aliphatic heterocycles. The monoisotopic (exact) mass is 370 g/mol. The summed E-state index contributed by atoms with van der Waals surface area (Å²) in [6, 6.07) is 16.7. The van der Waals surface area contributed by atoms with E-state index < -0.39 is 0 Å². The van der Waals surface area contributed by atoms with E-state index in [-0.39, 0.29) is 17.4 Å². The van der Waals surface area contributed by atoms with Crippen molar-refractivity contribution in [1.29, 1.82) is 0 Å². The lowest BCUT2D eigenvalue weighted by atomic mass is 10.1. The van der Waals surface area contributed by atoms with Crippen molar-refractivity contribution in [2.24, 2.45) is 0 Å². The molecule has 1 aromatic heterocycles. The van der Waals surface area contributed by atoms with E-state index in [0.29, 0.717) is 35.1 Å². The van der Waals surface area contributed by atoms with Crippen molar-refractivity contribution >= 4 is 29.0 Å². The fourth-order valence-electron chi connectivity index (χ4n) is 2.34. The van der Waals surface area contributed by atoms with E-state index in [1.807, 2.05) is 0 Å². The standard InChI is InChI=1S/C19H16ClFN4O/c20-14-5-3-6-15(12-14)23-19(26)17-8-9-18(25-24-17)22-11-10-13-4-1-2-7-16(13)21/h1-9,12H,10-11H2,(H,22,25)(H,23,26). The van der Waals surface area contributed by atoms with Crippen molar-refractivity contribution in [3.8, 4) is 0 Å². The molecule has 0 unspecified atom stereocenters. The second kappa shape index (κ2) is 8.40. The zero-order valence-corrected chi connectivity index (χ0v) is 14.5.